The molecule has 1 aromatic carbocycles. The first-order chi connectivity index (χ1) is 10.2. The fraction of sp³-hybridized carbons (Fsp3) is 0.429. The van der Waals surface area contributed by atoms with Crippen LogP contribution >= 0.6 is 0 Å². The third-order valence-corrected chi connectivity index (χ3v) is 4.43. The average molecular weight is 291 g/mol. The molecule has 1 heterocycles. The molecule has 0 saturated carbocycles. The number of hydrogen-bond donors (Lipinski definition) is 1. The summed E-state index contributed by atoms with van der Waals surface area (Å²) in [6, 6.07) is 6.69. The summed E-state index contributed by atoms with van der Waals surface area (Å²) < 4.78 is 0. The fourth-order valence-corrected chi connectivity index (χ4v) is 2.83. The number of aromatic nitrogens is 1. The van der Waals surface area contributed by atoms with Crippen LogP contribution in [0.15, 0.2) is 24.3 Å². The largest absolute Gasteiger partial charge is 0.354 e. The van der Waals surface area contributed by atoms with E-state index in [1.54, 1.807) is 0 Å². The summed E-state index contributed by atoms with van der Waals surface area (Å²) in [6.07, 6.45) is 4.42. The standard InChI is InChI=1S/C21H25N/c1-20(2,3)14-7-10-16-17-13-15(21(4,5)6)9-12-19(17)22-18(16)11-8-14/h8-9,11-14,22H,1-6H3. The van der Waals surface area contributed by atoms with Crippen molar-refractivity contribution in [3.63, 3.8) is 0 Å². The Labute approximate surface area is 133 Å². The predicted octanol–water partition coefficient (Wildman–Crippen LogP) is 5.51. The number of benzene rings is 1. The van der Waals surface area contributed by atoms with Crippen LogP contribution in [-0.4, -0.2) is 4.98 Å². The minimum atomic E-state index is 0.153. The smallest absolute Gasteiger partial charge is 0.0573 e. The number of fused-ring (bicyclic) bond motifs is 3. The molecule has 1 heteroatoms. The Bertz CT molecular complexity index is 808. The average Bonchev–Trinajstić information content (AvgIpc) is 2.59. The Morgan fingerprint density at radius 1 is 1.05 bits per heavy atom. The van der Waals surface area contributed by atoms with E-state index in [1.165, 1.54) is 16.5 Å². The molecular formula is C21H25N. The third kappa shape index (κ3) is 2.59. The zero-order valence-electron chi connectivity index (χ0n) is 14.5. The zero-order valence-corrected chi connectivity index (χ0v) is 14.5. The van der Waals surface area contributed by atoms with E-state index in [0.29, 0.717) is 0 Å². The number of allylic oxidation sites excluding steroid dienone is 1. The number of H-pyrrole nitrogens is 1. The first-order valence-corrected chi connectivity index (χ1v) is 8.02. The Kier molecular flexibility index (Phi) is 3.25. The first-order valence-electron chi connectivity index (χ1n) is 8.02. The lowest BCUT2D eigenvalue weighted by Gasteiger charge is -2.22. The van der Waals surface area contributed by atoms with Crippen LogP contribution in [-0.2, 0) is 5.41 Å². The van der Waals surface area contributed by atoms with Crippen molar-refractivity contribution < 1.29 is 0 Å². The molecule has 0 amide bonds. The third-order valence-electron chi connectivity index (χ3n) is 4.43. The summed E-state index contributed by atoms with van der Waals surface area (Å²) in [5, 5.41) is 1.24. The van der Waals surface area contributed by atoms with Crippen LogP contribution in [0.1, 0.15) is 58.4 Å². The van der Waals surface area contributed by atoms with Crippen molar-refractivity contribution in [3.05, 3.63) is 41.1 Å². The van der Waals surface area contributed by atoms with E-state index < -0.39 is 0 Å². The second-order valence-electron chi connectivity index (χ2n) is 8.40. The van der Waals surface area contributed by atoms with Gasteiger partial charge in [-0.3, -0.25) is 0 Å². The van der Waals surface area contributed by atoms with Gasteiger partial charge in [0.15, 0.2) is 0 Å². The number of hydrogen-bond acceptors (Lipinski definition) is 0. The second-order valence-corrected chi connectivity index (χ2v) is 8.40. The maximum atomic E-state index is 3.52. The minimum Gasteiger partial charge on any atom is -0.354 e. The molecule has 0 fully saturated rings. The molecule has 2 aromatic rings. The summed E-state index contributed by atoms with van der Waals surface area (Å²) in [4.78, 5) is 3.52. The van der Waals surface area contributed by atoms with E-state index in [9.17, 15) is 0 Å². The summed E-state index contributed by atoms with van der Waals surface area (Å²) in [7, 11) is 0. The van der Waals surface area contributed by atoms with E-state index in [4.69, 9.17) is 0 Å². The van der Waals surface area contributed by atoms with E-state index in [0.717, 1.165) is 11.3 Å². The molecule has 22 heavy (non-hydrogen) atoms. The van der Waals surface area contributed by atoms with Gasteiger partial charge in [0.1, 0.15) is 0 Å². The molecule has 1 atom stereocenters. The molecule has 0 radical (unpaired) electrons. The molecule has 0 bridgehead atoms. The van der Waals surface area contributed by atoms with Crippen LogP contribution < -0.4 is 0 Å². The van der Waals surface area contributed by atoms with Gasteiger partial charge in [0.25, 0.3) is 0 Å². The Hall–Kier alpha value is -1.94. The summed E-state index contributed by atoms with van der Waals surface area (Å²) in [5.74, 6) is 7.18. The minimum absolute atomic E-state index is 0.153. The van der Waals surface area contributed by atoms with Crippen LogP contribution in [0.5, 0.6) is 0 Å². The highest BCUT2D eigenvalue weighted by molar-refractivity contribution is 5.91. The molecule has 1 aromatic heterocycles. The monoisotopic (exact) mass is 291 g/mol. The molecule has 0 aliphatic heterocycles. The van der Waals surface area contributed by atoms with E-state index in [2.05, 4.69) is 88.7 Å². The van der Waals surface area contributed by atoms with Gasteiger partial charge in [-0.05, 0) is 34.6 Å². The highest BCUT2D eigenvalue weighted by Crippen LogP contribution is 2.33. The molecule has 0 spiro atoms. The van der Waals surface area contributed by atoms with Gasteiger partial charge in [-0.15, -0.1) is 0 Å². The normalized spacial score (nSPS) is 17.8. The molecular weight excluding hydrogens is 266 g/mol. The summed E-state index contributed by atoms with van der Waals surface area (Å²) >= 11 is 0. The van der Waals surface area contributed by atoms with Crippen molar-refractivity contribution in [1.29, 1.82) is 0 Å². The molecule has 0 saturated heterocycles. The van der Waals surface area contributed by atoms with Gasteiger partial charge < -0.3 is 4.98 Å². The molecule has 1 N–H and O–H groups in total. The Morgan fingerprint density at radius 3 is 2.41 bits per heavy atom. The van der Waals surface area contributed by atoms with Gasteiger partial charge >= 0.3 is 0 Å². The first kappa shape index (κ1) is 15.0. The van der Waals surface area contributed by atoms with Gasteiger partial charge in [0, 0.05) is 16.8 Å². The van der Waals surface area contributed by atoms with Crippen molar-refractivity contribution in [2.75, 3.05) is 0 Å². The van der Waals surface area contributed by atoms with Crippen LogP contribution in [0.3, 0.4) is 0 Å². The number of aromatic amines is 1. The fourth-order valence-electron chi connectivity index (χ4n) is 2.83. The highest BCUT2D eigenvalue weighted by atomic mass is 14.7. The van der Waals surface area contributed by atoms with Gasteiger partial charge in [-0.1, -0.05) is 65.5 Å². The maximum Gasteiger partial charge on any atom is 0.0573 e. The lowest BCUT2D eigenvalue weighted by molar-refractivity contribution is 0.354. The van der Waals surface area contributed by atoms with Crippen molar-refractivity contribution in [3.8, 4) is 11.8 Å². The lowest BCUT2D eigenvalue weighted by atomic mass is 9.81. The number of nitrogens with one attached hydrogen (secondary N) is 1. The highest BCUT2D eigenvalue weighted by Gasteiger charge is 2.22. The zero-order chi connectivity index (χ0) is 16.1. The van der Waals surface area contributed by atoms with Crippen LogP contribution in [0.4, 0.5) is 0 Å². The maximum absolute atomic E-state index is 3.52. The summed E-state index contributed by atoms with van der Waals surface area (Å²) in [5.41, 5.74) is 5.12. The van der Waals surface area contributed by atoms with Gasteiger partial charge in [-0.25, -0.2) is 0 Å². The Morgan fingerprint density at radius 2 is 1.77 bits per heavy atom. The lowest BCUT2D eigenvalue weighted by Crippen LogP contribution is -2.16. The van der Waals surface area contributed by atoms with E-state index >= 15 is 0 Å². The molecule has 1 aliphatic rings. The van der Waals surface area contributed by atoms with E-state index in [-0.39, 0.29) is 16.7 Å². The van der Waals surface area contributed by atoms with Crippen LogP contribution in [0.25, 0.3) is 17.0 Å². The van der Waals surface area contributed by atoms with Crippen molar-refractivity contribution >= 4 is 17.0 Å². The molecule has 1 unspecified atom stereocenters. The summed E-state index contributed by atoms with van der Waals surface area (Å²) in [6.45, 7) is 13.5. The topological polar surface area (TPSA) is 15.8 Å². The quantitative estimate of drug-likeness (QED) is 0.616. The molecule has 1 aliphatic carbocycles. The van der Waals surface area contributed by atoms with Gasteiger partial charge in [0.2, 0.25) is 0 Å². The van der Waals surface area contributed by atoms with Crippen LogP contribution in [0.2, 0.25) is 0 Å². The van der Waals surface area contributed by atoms with E-state index in [1.807, 2.05) is 0 Å². The van der Waals surface area contributed by atoms with Crippen molar-refractivity contribution in [2.24, 2.45) is 11.3 Å². The second kappa shape index (κ2) is 4.78. The van der Waals surface area contributed by atoms with Gasteiger partial charge in [-0.2, -0.15) is 0 Å². The Balaban J connectivity index is 2.17. The predicted molar refractivity (Wildman–Crippen MR) is 95.9 cm³/mol. The molecule has 3 rings (SSSR count). The van der Waals surface area contributed by atoms with Crippen LogP contribution in [0, 0.1) is 23.2 Å². The molecule has 114 valence electrons. The van der Waals surface area contributed by atoms with Gasteiger partial charge in [0.05, 0.1) is 11.3 Å². The molecule has 1 nitrogen and oxygen atoms in total. The van der Waals surface area contributed by atoms with Crippen molar-refractivity contribution in [1.82, 2.24) is 4.98 Å². The SMILES string of the molecule is CC(C)(C)c1ccc2[nH]c3c(c2c1)C#CC(C(C)(C)C)C=C3. The van der Waals surface area contributed by atoms with Crippen molar-refractivity contribution in [2.45, 2.75) is 47.0 Å². The number of rotatable bonds is 0.